The first-order chi connectivity index (χ1) is 10.3. The van der Waals surface area contributed by atoms with E-state index in [1.54, 1.807) is 0 Å². The van der Waals surface area contributed by atoms with Gasteiger partial charge < -0.3 is 0 Å². The largest absolute Gasteiger partial charge is 0.237 e. The Labute approximate surface area is 128 Å². The maximum atomic E-state index is 12.5. The molecule has 0 amide bonds. The van der Waals surface area contributed by atoms with Crippen LogP contribution in [0.5, 0.6) is 0 Å². The first kappa shape index (κ1) is 15.4. The van der Waals surface area contributed by atoms with E-state index in [4.69, 9.17) is 0 Å². The highest BCUT2D eigenvalue weighted by atomic mass is 32.2. The molecule has 2 atom stereocenters. The van der Waals surface area contributed by atoms with Crippen LogP contribution in [0.2, 0.25) is 0 Å². The molecule has 0 aromatic heterocycles. The average Bonchev–Trinajstić information content (AvgIpc) is 2.56. The van der Waals surface area contributed by atoms with Crippen LogP contribution in [0.1, 0.15) is 11.6 Å². The smallest absolute Gasteiger partial charge is 0.125 e. The van der Waals surface area contributed by atoms with Gasteiger partial charge in [-0.15, -0.1) is 13.2 Å². The van der Waals surface area contributed by atoms with E-state index >= 15 is 0 Å². The lowest BCUT2D eigenvalue weighted by atomic mass is 9.94. The van der Waals surface area contributed by atoms with Crippen molar-refractivity contribution in [3.63, 3.8) is 0 Å². The zero-order chi connectivity index (χ0) is 15.1. The van der Waals surface area contributed by atoms with Crippen LogP contribution in [0.3, 0.4) is 0 Å². The molecule has 0 saturated heterocycles. The topological polar surface area (TPSA) is 29.1 Å². The molecule has 2 aromatic rings. The second-order valence-electron chi connectivity index (χ2n) is 4.64. The summed E-state index contributed by atoms with van der Waals surface area (Å²) in [6.07, 6.45) is 3.64. The van der Waals surface area contributed by atoms with Gasteiger partial charge in [0.25, 0.3) is 0 Å². The van der Waals surface area contributed by atoms with Gasteiger partial charge in [-0.05, 0) is 17.7 Å². The quantitative estimate of drug-likeness (QED) is 0.768. The highest BCUT2D eigenvalue weighted by Crippen LogP contribution is 2.25. The Bertz CT molecular complexity index is 602. The fourth-order valence-corrected chi connectivity index (χ4v) is 3.19. The summed E-state index contributed by atoms with van der Waals surface area (Å²) in [6, 6.07) is 19.2. The van der Waals surface area contributed by atoms with Crippen LogP contribution in [0.15, 0.2) is 90.9 Å². The monoisotopic (exact) mass is 297 g/mol. The van der Waals surface area contributed by atoms with E-state index in [0.717, 1.165) is 10.5 Å². The summed E-state index contributed by atoms with van der Waals surface area (Å²) in [7, 11) is -1.28. The number of hydrogen-bond donors (Lipinski definition) is 1. The van der Waals surface area contributed by atoms with Crippen LogP contribution >= 0.6 is 0 Å². The first-order valence-corrected chi connectivity index (χ1v) is 7.94. The number of hydrogen-bond acceptors (Lipinski definition) is 1. The Morgan fingerprint density at radius 2 is 1.43 bits per heavy atom. The standard InChI is InChI=1S/C18H19NOS/c1-3-15(4-2)18(16-11-7-5-8-12-16)19-21(20)17-13-9-6-10-14-17/h3-15,18-19H,1-2H2/t18-,21?/m0/s1. The Balaban J connectivity index is 2.26. The minimum absolute atomic E-state index is 0.0000576. The molecule has 0 saturated carbocycles. The van der Waals surface area contributed by atoms with Gasteiger partial charge in [-0.1, -0.05) is 60.7 Å². The summed E-state index contributed by atoms with van der Waals surface area (Å²) in [6.45, 7) is 7.70. The van der Waals surface area contributed by atoms with Gasteiger partial charge in [0.15, 0.2) is 0 Å². The van der Waals surface area contributed by atoms with Crippen molar-refractivity contribution in [1.82, 2.24) is 4.72 Å². The van der Waals surface area contributed by atoms with Crippen LogP contribution in [-0.2, 0) is 11.0 Å². The van der Waals surface area contributed by atoms with Crippen molar-refractivity contribution in [2.45, 2.75) is 10.9 Å². The van der Waals surface area contributed by atoms with Gasteiger partial charge in [0, 0.05) is 5.92 Å². The minimum Gasteiger partial charge on any atom is -0.237 e. The van der Waals surface area contributed by atoms with E-state index in [1.165, 1.54) is 0 Å². The second-order valence-corrected chi connectivity index (χ2v) is 5.88. The molecule has 1 unspecified atom stereocenters. The molecule has 21 heavy (non-hydrogen) atoms. The maximum Gasteiger partial charge on any atom is 0.125 e. The summed E-state index contributed by atoms with van der Waals surface area (Å²) in [5.74, 6) is 0.0000576. The summed E-state index contributed by atoms with van der Waals surface area (Å²) >= 11 is 0. The fraction of sp³-hybridized carbons (Fsp3) is 0.111. The molecular weight excluding hydrogens is 278 g/mol. The molecule has 0 spiro atoms. The van der Waals surface area contributed by atoms with Gasteiger partial charge in [0.2, 0.25) is 0 Å². The maximum absolute atomic E-state index is 12.5. The van der Waals surface area contributed by atoms with Gasteiger partial charge in [0.05, 0.1) is 10.9 Å². The SMILES string of the molecule is C=CC(C=C)[C@H](NS(=O)c1ccccc1)c1ccccc1. The van der Waals surface area contributed by atoms with Crippen LogP contribution in [0.25, 0.3) is 0 Å². The van der Waals surface area contributed by atoms with E-state index < -0.39 is 11.0 Å². The lowest BCUT2D eigenvalue weighted by Crippen LogP contribution is -2.28. The molecular formula is C18H19NOS. The predicted octanol–water partition coefficient (Wildman–Crippen LogP) is 4.03. The minimum atomic E-state index is -1.28. The van der Waals surface area contributed by atoms with E-state index in [2.05, 4.69) is 17.9 Å². The van der Waals surface area contributed by atoms with Gasteiger partial charge >= 0.3 is 0 Å². The summed E-state index contributed by atoms with van der Waals surface area (Å²) in [5, 5.41) is 0. The third-order valence-electron chi connectivity index (χ3n) is 3.28. The van der Waals surface area contributed by atoms with E-state index in [0.29, 0.717) is 0 Å². The van der Waals surface area contributed by atoms with Crippen LogP contribution in [-0.4, -0.2) is 4.21 Å². The molecule has 3 heteroatoms. The molecule has 0 fully saturated rings. The molecule has 0 bridgehead atoms. The lowest BCUT2D eigenvalue weighted by Gasteiger charge is -2.23. The van der Waals surface area contributed by atoms with Crippen LogP contribution < -0.4 is 4.72 Å². The first-order valence-electron chi connectivity index (χ1n) is 6.79. The summed E-state index contributed by atoms with van der Waals surface area (Å²) in [5.41, 5.74) is 1.06. The highest BCUT2D eigenvalue weighted by molar-refractivity contribution is 7.83. The van der Waals surface area contributed by atoms with Crippen molar-refractivity contribution in [3.05, 3.63) is 91.5 Å². The third kappa shape index (κ3) is 4.00. The molecule has 0 radical (unpaired) electrons. The Hall–Kier alpha value is -1.97. The van der Waals surface area contributed by atoms with Crippen molar-refractivity contribution >= 4 is 11.0 Å². The number of benzene rings is 2. The van der Waals surface area contributed by atoms with Crippen molar-refractivity contribution in [2.24, 2.45) is 5.92 Å². The highest BCUT2D eigenvalue weighted by Gasteiger charge is 2.20. The number of nitrogens with one attached hydrogen (secondary N) is 1. The predicted molar refractivity (Wildman–Crippen MR) is 89.1 cm³/mol. The molecule has 2 nitrogen and oxygen atoms in total. The molecule has 0 aliphatic carbocycles. The third-order valence-corrected chi connectivity index (χ3v) is 4.45. The molecule has 2 aromatic carbocycles. The average molecular weight is 297 g/mol. The van der Waals surface area contributed by atoms with Crippen LogP contribution in [0.4, 0.5) is 0 Å². The van der Waals surface area contributed by atoms with Gasteiger partial charge in [-0.2, -0.15) is 0 Å². The molecule has 0 heterocycles. The van der Waals surface area contributed by atoms with Gasteiger partial charge in [-0.3, -0.25) is 0 Å². The fourth-order valence-electron chi connectivity index (χ4n) is 2.13. The van der Waals surface area contributed by atoms with Crippen molar-refractivity contribution in [1.29, 1.82) is 0 Å². The molecule has 1 N–H and O–H groups in total. The normalized spacial score (nSPS) is 13.6. The molecule has 2 rings (SSSR count). The van der Waals surface area contributed by atoms with E-state index in [1.807, 2.05) is 72.8 Å². The summed E-state index contributed by atoms with van der Waals surface area (Å²) < 4.78 is 15.7. The Morgan fingerprint density at radius 1 is 0.905 bits per heavy atom. The van der Waals surface area contributed by atoms with E-state index in [-0.39, 0.29) is 12.0 Å². The van der Waals surface area contributed by atoms with Crippen molar-refractivity contribution < 1.29 is 4.21 Å². The van der Waals surface area contributed by atoms with Crippen molar-refractivity contribution in [2.75, 3.05) is 0 Å². The van der Waals surface area contributed by atoms with Crippen molar-refractivity contribution in [3.8, 4) is 0 Å². The molecule has 108 valence electrons. The van der Waals surface area contributed by atoms with Crippen LogP contribution in [0, 0.1) is 5.92 Å². The Kier molecular flexibility index (Phi) is 5.67. The molecule has 0 aliphatic heterocycles. The zero-order valence-electron chi connectivity index (χ0n) is 11.8. The van der Waals surface area contributed by atoms with Gasteiger partial charge in [-0.25, -0.2) is 8.93 Å². The molecule has 0 aliphatic rings. The van der Waals surface area contributed by atoms with E-state index in [9.17, 15) is 4.21 Å². The zero-order valence-corrected chi connectivity index (χ0v) is 12.6. The van der Waals surface area contributed by atoms with Gasteiger partial charge in [0.1, 0.15) is 11.0 Å². The number of rotatable bonds is 7. The summed E-state index contributed by atoms with van der Waals surface area (Å²) in [4.78, 5) is 0.755. The Morgan fingerprint density at radius 3 is 1.95 bits per heavy atom. The second kappa shape index (κ2) is 7.72. The lowest BCUT2D eigenvalue weighted by molar-refractivity contribution is 0.562.